The number of nitrogens with zero attached hydrogens (tertiary/aromatic N) is 1. The highest BCUT2D eigenvalue weighted by Gasteiger charge is 2.22. The Morgan fingerprint density at radius 1 is 1.10 bits per heavy atom. The lowest BCUT2D eigenvalue weighted by Crippen LogP contribution is -2.16. The van der Waals surface area contributed by atoms with Gasteiger partial charge in [-0.2, -0.15) is 11.3 Å². The molecule has 2 aromatic heterocycles. The molecule has 0 spiro atoms. The fraction of sp³-hybridized carbons (Fsp3) is 0.267. The van der Waals surface area contributed by atoms with Gasteiger partial charge in [0.05, 0.1) is 24.5 Å². The first-order valence-electron chi connectivity index (χ1n) is 6.55. The Morgan fingerprint density at radius 3 is 2.43 bits per heavy atom. The molecular weight excluding hydrogens is 290 g/mol. The van der Waals surface area contributed by atoms with Crippen LogP contribution in [0.5, 0.6) is 0 Å². The smallest absolute Gasteiger partial charge is 0.357 e. The molecule has 0 atom stereocenters. The average molecular weight is 305 g/mol. The van der Waals surface area contributed by atoms with Crippen molar-refractivity contribution < 1.29 is 19.1 Å². The van der Waals surface area contributed by atoms with E-state index in [4.69, 9.17) is 9.47 Å². The second-order valence-corrected chi connectivity index (χ2v) is 4.83. The Kier molecular flexibility index (Phi) is 5.05. The van der Waals surface area contributed by atoms with Crippen LogP contribution in [0, 0.1) is 0 Å². The number of pyridine rings is 1. The lowest BCUT2D eigenvalue weighted by molar-refractivity contribution is 0.0473. The first-order chi connectivity index (χ1) is 10.2. The van der Waals surface area contributed by atoms with Gasteiger partial charge < -0.3 is 9.47 Å². The van der Waals surface area contributed by atoms with E-state index >= 15 is 0 Å². The summed E-state index contributed by atoms with van der Waals surface area (Å²) in [5.74, 6) is -1.21. The first kappa shape index (κ1) is 15.2. The fourth-order valence-corrected chi connectivity index (χ4v) is 2.41. The molecule has 21 heavy (non-hydrogen) atoms. The highest BCUT2D eigenvalue weighted by atomic mass is 32.1. The minimum atomic E-state index is -0.627. The molecule has 2 aromatic rings. The van der Waals surface area contributed by atoms with E-state index in [2.05, 4.69) is 4.98 Å². The topological polar surface area (TPSA) is 65.5 Å². The molecule has 0 saturated carbocycles. The van der Waals surface area contributed by atoms with Gasteiger partial charge in [-0.15, -0.1) is 0 Å². The molecular formula is C15H15NO4S. The van der Waals surface area contributed by atoms with Crippen molar-refractivity contribution in [2.75, 3.05) is 13.2 Å². The highest BCUT2D eigenvalue weighted by molar-refractivity contribution is 7.08. The Labute approximate surface area is 126 Å². The number of hydrogen-bond acceptors (Lipinski definition) is 6. The van der Waals surface area contributed by atoms with E-state index in [-0.39, 0.29) is 24.5 Å². The maximum atomic E-state index is 12.0. The third-order valence-electron chi connectivity index (χ3n) is 2.68. The van der Waals surface area contributed by atoms with E-state index in [1.165, 1.54) is 11.3 Å². The molecule has 0 saturated heterocycles. The summed E-state index contributed by atoms with van der Waals surface area (Å²) in [4.78, 5) is 28.2. The second kappa shape index (κ2) is 6.99. The van der Waals surface area contributed by atoms with Gasteiger partial charge in [0, 0.05) is 10.9 Å². The molecule has 6 heteroatoms. The number of aromatic nitrogens is 1. The minimum absolute atomic E-state index is 0.0148. The van der Waals surface area contributed by atoms with E-state index in [9.17, 15) is 9.59 Å². The summed E-state index contributed by atoms with van der Waals surface area (Å²) < 4.78 is 9.91. The largest absolute Gasteiger partial charge is 0.462 e. The van der Waals surface area contributed by atoms with Gasteiger partial charge in [-0.3, -0.25) is 0 Å². The van der Waals surface area contributed by atoms with Crippen LogP contribution in [0.15, 0.2) is 29.0 Å². The maximum absolute atomic E-state index is 12.0. The molecule has 0 aliphatic carbocycles. The second-order valence-electron chi connectivity index (χ2n) is 4.05. The zero-order chi connectivity index (χ0) is 15.2. The minimum Gasteiger partial charge on any atom is -0.462 e. The van der Waals surface area contributed by atoms with Gasteiger partial charge in [0.2, 0.25) is 0 Å². The van der Waals surface area contributed by atoms with E-state index in [1.54, 1.807) is 26.0 Å². The van der Waals surface area contributed by atoms with Gasteiger partial charge in [-0.25, -0.2) is 14.6 Å². The number of thiophene rings is 1. The molecule has 2 rings (SSSR count). The standard InChI is InChI=1S/C15H15NO4S/c1-3-19-14(17)11-5-6-12(10-7-8-21-9-10)16-13(11)15(18)20-4-2/h5-9H,3-4H2,1-2H3. The first-order valence-corrected chi connectivity index (χ1v) is 7.49. The summed E-state index contributed by atoms with van der Waals surface area (Å²) in [6.07, 6.45) is 0. The van der Waals surface area contributed by atoms with E-state index in [0.29, 0.717) is 5.69 Å². The Balaban J connectivity index is 2.46. The molecule has 0 aliphatic heterocycles. The lowest BCUT2D eigenvalue weighted by Gasteiger charge is -2.09. The molecule has 2 heterocycles. The normalized spacial score (nSPS) is 10.2. The number of rotatable bonds is 5. The van der Waals surface area contributed by atoms with Crippen LogP contribution in [-0.2, 0) is 9.47 Å². The van der Waals surface area contributed by atoms with Crippen molar-refractivity contribution in [3.63, 3.8) is 0 Å². The molecule has 0 aliphatic rings. The molecule has 5 nitrogen and oxygen atoms in total. The van der Waals surface area contributed by atoms with Gasteiger partial charge in [0.15, 0.2) is 5.69 Å². The van der Waals surface area contributed by atoms with Gasteiger partial charge in [-0.1, -0.05) is 0 Å². The zero-order valence-electron chi connectivity index (χ0n) is 11.8. The SMILES string of the molecule is CCOC(=O)c1ccc(-c2ccsc2)nc1C(=O)OCC. The summed E-state index contributed by atoms with van der Waals surface area (Å²) in [5, 5.41) is 3.83. The molecule has 110 valence electrons. The Morgan fingerprint density at radius 2 is 1.81 bits per heavy atom. The number of hydrogen-bond donors (Lipinski definition) is 0. The fourth-order valence-electron chi connectivity index (χ4n) is 1.76. The summed E-state index contributed by atoms with van der Waals surface area (Å²) in [7, 11) is 0. The molecule has 0 fully saturated rings. The van der Waals surface area contributed by atoms with Crippen molar-refractivity contribution in [1.29, 1.82) is 0 Å². The van der Waals surface area contributed by atoms with Crippen LogP contribution in [0.2, 0.25) is 0 Å². The van der Waals surface area contributed by atoms with Crippen molar-refractivity contribution in [3.05, 3.63) is 40.2 Å². The molecule has 0 bridgehead atoms. The van der Waals surface area contributed by atoms with Crippen LogP contribution in [0.1, 0.15) is 34.7 Å². The van der Waals surface area contributed by atoms with Crippen LogP contribution < -0.4 is 0 Å². The molecule has 0 amide bonds. The Hall–Kier alpha value is -2.21. The predicted octanol–water partition coefficient (Wildman–Crippen LogP) is 3.16. The maximum Gasteiger partial charge on any atom is 0.357 e. The number of esters is 2. The highest BCUT2D eigenvalue weighted by Crippen LogP contribution is 2.22. The molecule has 0 unspecified atom stereocenters. The summed E-state index contributed by atoms with van der Waals surface area (Å²) in [6.45, 7) is 3.85. The van der Waals surface area contributed by atoms with Gasteiger partial charge >= 0.3 is 11.9 Å². The van der Waals surface area contributed by atoms with Gasteiger partial charge in [0.25, 0.3) is 0 Å². The molecule has 0 aromatic carbocycles. The van der Waals surface area contributed by atoms with E-state index < -0.39 is 11.9 Å². The summed E-state index contributed by atoms with van der Waals surface area (Å²) in [5.41, 5.74) is 1.61. The number of carbonyl (C=O) groups excluding carboxylic acids is 2. The van der Waals surface area contributed by atoms with Crippen LogP contribution in [0.4, 0.5) is 0 Å². The van der Waals surface area contributed by atoms with Crippen molar-refractivity contribution in [3.8, 4) is 11.3 Å². The number of carbonyl (C=O) groups is 2. The van der Waals surface area contributed by atoms with Gasteiger partial charge in [0.1, 0.15) is 0 Å². The monoisotopic (exact) mass is 305 g/mol. The summed E-state index contributed by atoms with van der Waals surface area (Å²) in [6, 6.07) is 5.13. The van der Waals surface area contributed by atoms with Crippen molar-refractivity contribution in [2.24, 2.45) is 0 Å². The third kappa shape index (κ3) is 3.46. The quantitative estimate of drug-likeness (QED) is 0.794. The van der Waals surface area contributed by atoms with Crippen molar-refractivity contribution in [2.45, 2.75) is 13.8 Å². The summed E-state index contributed by atoms with van der Waals surface area (Å²) >= 11 is 1.53. The van der Waals surface area contributed by atoms with Crippen LogP contribution in [-0.4, -0.2) is 30.1 Å². The average Bonchev–Trinajstić information content (AvgIpc) is 3.01. The van der Waals surface area contributed by atoms with E-state index in [0.717, 1.165) is 5.56 Å². The third-order valence-corrected chi connectivity index (χ3v) is 3.36. The molecule has 0 radical (unpaired) electrons. The molecule has 0 N–H and O–H groups in total. The van der Waals surface area contributed by atoms with Gasteiger partial charge in [-0.05, 0) is 37.4 Å². The zero-order valence-corrected chi connectivity index (χ0v) is 12.6. The predicted molar refractivity (Wildman–Crippen MR) is 79.5 cm³/mol. The van der Waals surface area contributed by atoms with Crippen molar-refractivity contribution in [1.82, 2.24) is 4.98 Å². The van der Waals surface area contributed by atoms with Crippen LogP contribution in [0.3, 0.4) is 0 Å². The van der Waals surface area contributed by atoms with Crippen LogP contribution >= 0.6 is 11.3 Å². The van der Waals surface area contributed by atoms with E-state index in [1.807, 2.05) is 16.8 Å². The van der Waals surface area contributed by atoms with Crippen molar-refractivity contribution >= 4 is 23.3 Å². The lowest BCUT2D eigenvalue weighted by atomic mass is 10.1. The van der Waals surface area contributed by atoms with Crippen LogP contribution in [0.25, 0.3) is 11.3 Å². The Bertz CT molecular complexity index is 637. The number of ether oxygens (including phenoxy) is 2.